The molecule has 0 atom stereocenters. The van der Waals surface area contributed by atoms with Crippen LogP contribution < -0.4 is 14.4 Å². The standard InChI is InChI=1S/C22H21N3O5S/c1-29-15-8-9-16(30-2)21-20(15)23-22(31-21)25(12-14-6-4-3-5-7-14)19(28)13-24-17(26)10-11-18(24)27/h3-9H,10-13H2,1-2H3. The molecule has 9 heteroatoms. The zero-order valence-corrected chi connectivity index (χ0v) is 18.0. The molecule has 0 radical (unpaired) electrons. The monoisotopic (exact) mass is 439 g/mol. The second-order valence-corrected chi connectivity index (χ2v) is 7.96. The minimum Gasteiger partial charge on any atom is -0.495 e. The molecule has 1 aliphatic rings. The van der Waals surface area contributed by atoms with E-state index in [4.69, 9.17) is 9.47 Å². The number of carbonyl (C=O) groups is 3. The number of methoxy groups -OCH3 is 2. The average Bonchev–Trinajstić information content (AvgIpc) is 3.36. The van der Waals surface area contributed by atoms with Gasteiger partial charge in [0, 0.05) is 12.8 Å². The summed E-state index contributed by atoms with van der Waals surface area (Å²) >= 11 is 1.29. The molecule has 1 saturated heterocycles. The van der Waals surface area contributed by atoms with Crippen molar-refractivity contribution in [1.82, 2.24) is 9.88 Å². The van der Waals surface area contributed by atoms with E-state index in [1.807, 2.05) is 30.3 Å². The first-order chi connectivity index (χ1) is 15.0. The number of nitrogens with zero attached hydrogens (tertiary/aromatic N) is 3. The number of hydrogen-bond donors (Lipinski definition) is 0. The number of carbonyl (C=O) groups excluding carboxylic acids is 3. The zero-order valence-electron chi connectivity index (χ0n) is 17.2. The van der Waals surface area contributed by atoms with Crippen LogP contribution in [-0.2, 0) is 20.9 Å². The van der Waals surface area contributed by atoms with E-state index in [0.717, 1.165) is 15.2 Å². The highest BCUT2D eigenvalue weighted by Gasteiger charge is 2.33. The lowest BCUT2D eigenvalue weighted by Crippen LogP contribution is -2.42. The van der Waals surface area contributed by atoms with Crippen LogP contribution in [0.4, 0.5) is 5.13 Å². The number of benzene rings is 2. The van der Waals surface area contributed by atoms with Crippen molar-refractivity contribution < 1.29 is 23.9 Å². The molecule has 0 unspecified atom stereocenters. The van der Waals surface area contributed by atoms with Crippen molar-refractivity contribution in [2.45, 2.75) is 19.4 Å². The van der Waals surface area contributed by atoms with Gasteiger partial charge in [0.2, 0.25) is 17.7 Å². The van der Waals surface area contributed by atoms with Crippen molar-refractivity contribution in [2.24, 2.45) is 0 Å². The smallest absolute Gasteiger partial charge is 0.249 e. The second kappa shape index (κ2) is 8.73. The fourth-order valence-electron chi connectivity index (χ4n) is 3.44. The van der Waals surface area contributed by atoms with E-state index in [1.165, 1.54) is 16.2 Å². The molecule has 3 aromatic rings. The van der Waals surface area contributed by atoms with Gasteiger partial charge in [-0.15, -0.1) is 0 Å². The number of imide groups is 1. The molecule has 3 amide bonds. The predicted octanol–water partition coefficient (Wildman–Crippen LogP) is 3.00. The molecule has 4 rings (SSSR count). The third kappa shape index (κ3) is 4.09. The van der Waals surface area contributed by atoms with Crippen LogP contribution in [-0.4, -0.2) is 48.4 Å². The highest BCUT2D eigenvalue weighted by atomic mass is 32.1. The summed E-state index contributed by atoms with van der Waals surface area (Å²) in [5.41, 5.74) is 1.48. The number of fused-ring (bicyclic) bond motifs is 1. The lowest BCUT2D eigenvalue weighted by atomic mass is 10.2. The van der Waals surface area contributed by atoms with E-state index in [9.17, 15) is 14.4 Å². The number of anilines is 1. The molecule has 0 spiro atoms. The fourth-order valence-corrected chi connectivity index (χ4v) is 4.53. The van der Waals surface area contributed by atoms with Gasteiger partial charge in [-0.05, 0) is 17.7 Å². The first kappa shape index (κ1) is 20.8. The lowest BCUT2D eigenvalue weighted by Gasteiger charge is -2.22. The first-order valence-corrected chi connectivity index (χ1v) is 10.5. The molecular formula is C22H21N3O5S. The minimum atomic E-state index is -0.385. The van der Waals surface area contributed by atoms with E-state index in [0.29, 0.717) is 22.1 Å². The first-order valence-electron chi connectivity index (χ1n) is 9.71. The van der Waals surface area contributed by atoms with Gasteiger partial charge in [-0.3, -0.25) is 24.2 Å². The quantitative estimate of drug-likeness (QED) is 0.526. The van der Waals surface area contributed by atoms with Crippen LogP contribution in [0.1, 0.15) is 18.4 Å². The van der Waals surface area contributed by atoms with Gasteiger partial charge in [0.1, 0.15) is 28.3 Å². The number of aromatic nitrogens is 1. The molecule has 0 aliphatic carbocycles. The van der Waals surface area contributed by atoms with Crippen molar-refractivity contribution in [3.8, 4) is 11.5 Å². The minimum absolute atomic E-state index is 0.139. The molecule has 0 saturated carbocycles. The van der Waals surface area contributed by atoms with E-state index in [-0.39, 0.29) is 43.7 Å². The van der Waals surface area contributed by atoms with Crippen LogP contribution in [0, 0.1) is 0 Å². The molecule has 2 heterocycles. The maximum Gasteiger partial charge on any atom is 0.249 e. The molecule has 0 bridgehead atoms. The summed E-state index contributed by atoms with van der Waals surface area (Å²) in [6, 6.07) is 13.0. The third-order valence-electron chi connectivity index (χ3n) is 5.06. The summed E-state index contributed by atoms with van der Waals surface area (Å²) in [5.74, 6) is 0.146. The Hall–Kier alpha value is -3.46. The van der Waals surface area contributed by atoms with Crippen LogP contribution >= 0.6 is 11.3 Å². The Kier molecular flexibility index (Phi) is 5.85. The predicted molar refractivity (Wildman–Crippen MR) is 116 cm³/mol. The van der Waals surface area contributed by atoms with Crippen LogP contribution in [0.15, 0.2) is 42.5 Å². The molecular weight excluding hydrogens is 418 g/mol. The Labute approximate surface area is 183 Å². The number of rotatable bonds is 7. The van der Waals surface area contributed by atoms with E-state index in [2.05, 4.69) is 4.98 Å². The highest BCUT2D eigenvalue weighted by molar-refractivity contribution is 7.22. The number of thiazole rings is 1. The molecule has 0 N–H and O–H groups in total. The SMILES string of the molecule is COc1ccc(OC)c2sc(N(Cc3ccccc3)C(=O)CN3C(=O)CCC3=O)nc12. The summed E-state index contributed by atoms with van der Waals surface area (Å²) in [6.45, 7) is -0.0605. The van der Waals surface area contributed by atoms with Crippen LogP contribution in [0.3, 0.4) is 0 Å². The second-order valence-electron chi connectivity index (χ2n) is 6.98. The Bertz CT molecular complexity index is 1090. The number of ether oxygens (including phenoxy) is 2. The van der Waals surface area contributed by atoms with E-state index < -0.39 is 0 Å². The Morgan fingerprint density at radius 1 is 1.03 bits per heavy atom. The zero-order chi connectivity index (χ0) is 22.0. The molecule has 31 heavy (non-hydrogen) atoms. The summed E-state index contributed by atoms with van der Waals surface area (Å²) in [6.07, 6.45) is 0.278. The van der Waals surface area contributed by atoms with Gasteiger partial charge in [-0.2, -0.15) is 0 Å². The number of likely N-dealkylation sites (tertiary alicyclic amines) is 1. The van der Waals surface area contributed by atoms with Gasteiger partial charge in [-0.1, -0.05) is 41.7 Å². The number of hydrogen-bond acceptors (Lipinski definition) is 7. The summed E-state index contributed by atoms with van der Waals surface area (Å²) in [4.78, 5) is 44.5. The van der Waals surface area contributed by atoms with Gasteiger partial charge in [-0.25, -0.2) is 4.98 Å². The normalized spacial score (nSPS) is 13.7. The van der Waals surface area contributed by atoms with Crippen molar-refractivity contribution in [1.29, 1.82) is 0 Å². The van der Waals surface area contributed by atoms with E-state index in [1.54, 1.807) is 26.4 Å². The molecule has 1 fully saturated rings. The van der Waals surface area contributed by atoms with Gasteiger partial charge in [0.25, 0.3) is 0 Å². The van der Waals surface area contributed by atoms with Crippen molar-refractivity contribution in [3.63, 3.8) is 0 Å². The maximum atomic E-state index is 13.3. The summed E-state index contributed by atoms with van der Waals surface area (Å²) in [7, 11) is 3.12. The summed E-state index contributed by atoms with van der Waals surface area (Å²) < 4.78 is 11.6. The van der Waals surface area contributed by atoms with Gasteiger partial charge in [0.15, 0.2) is 5.13 Å². The van der Waals surface area contributed by atoms with Gasteiger partial charge in [0.05, 0.1) is 20.8 Å². The van der Waals surface area contributed by atoms with Crippen LogP contribution in [0.5, 0.6) is 11.5 Å². The van der Waals surface area contributed by atoms with E-state index >= 15 is 0 Å². The maximum absolute atomic E-state index is 13.3. The Balaban J connectivity index is 1.74. The average molecular weight is 439 g/mol. The van der Waals surface area contributed by atoms with Crippen molar-refractivity contribution in [2.75, 3.05) is 25.7 Å². The highest BCUT2D eigenvalue weighted by Crippen LogP contribution is 2.40. The molecule has 8 nitrogen and oxygen atoms in total. The molecule has 1 aromatic heterocycles. The summed E-state index contributed by atoms with van der Waals surface area (Å²) in [5, 5.41) is 0.436. The van der Waals surface area contributed by atoms with Crippen LogP contribution in [0.25, 0.3) is 10.2 Å². The lowest BCUT2D eigenvalue weighted by molar-refractivity contribution is -0.141. The largest absolute Gasteiger partial charge is 0.495 e. The van der Waals surface area contributed by atoms with Gasteiger partial charge >= 0.3 is 0 Å². The molecule has 2 aromatic carbocycles. The van der Waals surface area contributed by atoms with Gasteiger partial charge < -0.3 is 9.47 Å². The molecule has 160 valence electrons. The van der Waals surface area contributed by atoms with Crippen molar-refractivity contribution in [3.05, 3.63) is 48.0 Å². The topological polar surface area (TPSA) is 89.0 Å². The molecule has 1 aliphatic heterocycles. The Morgan fingerprint density at radius 3 is 2.32 bits per heavy atom. The van der Waals surface area contributed by atoms with Crippen LogP contribution in [0.2, 0.25) is 0 Å². The third-order valence-corrected chi connectivity index (χ3v) is 6.16. The van der Waals surface area contributed by atoms with Crippen molar-refractivity contribution >= 4 is 44.4 Å². The number of amides is 3. The Morgan fingerprint density at radius 2 is 1.68 bits per heavy atom. The fraction of sp³-hybridized carbons (Fsp3) is 0.273.